The van der Waals surface area contributed by atoms with Crippen molar-refractivity contribution in [3.05, 3.63) is 72.3 Å². The van der Waals surface area contributed by atoms with Crippen molar-refractivity contribution in [2.24, 2.45) is 0 Å². The number of H-pyrrole nitrogens is 1. The molecule has 41 heavy (non-hydrogen) atoms. The lowest BCUT2D eigenvalue weighted by Gasteiger charge is -2.36. The Morgan fingerprint density at radius 3 is 2.32 bits per heavy atom. The van der Waals surface area contributed by atoms with Gasteiger partial charge in [0, 0.05) is 57.1 Å². The lowest BCUT2D eigenvalue weighted by molar-refractivity contribution is 0.181. The van der Waals surface area contributed by atoms with Crippen LogP contribution in [-0.4, -0.2) is 78.2 Å². The molecular weight excluding hydrogens is 512 g/mol. The van der Waals surface area contributed by atoms with Gasteiger partial charge in [0.15, 0.2) is 0 Å². The number of carbonyl (C=O) groups excluding carboxylic acids is 1. The molecule has 0 unspecified atom stereocenters. The number of nitrogens with zero attached hydrogens (tertiary/aromatic N) is 4. The molecule has 8 heteroatoms. The summed E-state index contributed by atoms with van der Waals surface area (Å²) in [7, 11) is 0. The lowest BCUT2D eigenvalue weighted by atomic mass is 9.87. The first-order chi connectivity index (χ1) is 19.8. The first-order valence-corrected chi connectivity index (χ1v) is 14.7. The number of anilines is 2. The molecule has 214 valence electrons. The molecule has 1 aromatic heterocycles. The zero-order valence-corrected chi connectivity index (χ0v) is 24.3. The van der Waals surface area contributed by atoms with Gasteiger partial charge in [-0.15, -0.1) is 0 Å². The van der Waals surface area contributed by atoms with Crippen molar-refractivity contribution < 1.29 is 9.53 Å². The number of piperazine rings is 1. The molecule has 3 heterocycles. The average molecular weight is 553 g/mol. The number of ether oxygens (including phenoxy) is 1. The lowest BCUT2D eigenvalue weighted by Crippen LogP contribution is -2.47. The molecule has 2 amide bonds. The second kappa shape index (κ2) is 11.4. The third kappa shape index (κ3) is 6.17. The van der Waals surface area contributed by atoms with Crippen molar-refractivity contribution in [2.75, 3.05) is 62.6 Å². The summed E-state index contributed by atoms with van der Waals surface area (Å²) in [5.74, 6) is 1.73. The van der Waals surface area contributed by atoms with E-state index < -0.39 is 0 Å². The van der Waals surface area contributed by atoms with Crippen LogP contribution in [0, 0.1) is 0 Å². The Morgan fingerprint density at radius 2 is 1.66 bits per heavy atom. The van der Waals surface area contributed by atoms with E-state index in [4.69, 9.17) is 9.72 Å². The summed E-state index contributed by atoms with van der Waals surface area (Å²) in [4.78, 5) is 27.3. The van der Waals surface area contributed by atoms with Gasteiger partial charge in [0.25, 0.3) is 0 Å². The fourth-order valence-electron chi connectivity index (χ4n) is 5.40. The second-order valence-electron chi connectivity index (χ2n) is 12.1. The molecule has 0 spiro atoms. The molecule has 0 aliphatic carbocycles. The summed E-state index contributed by atoms with van der Waals surface area (Å²) in [5.41, 5.74) is 6.64. The number of rotatable bonds is 7. The van der Waals surface area contributed by atoms with Gasteiger partial charge in [-0.2, -0.15) is 0 Å². The van der Waals surface area contributed by atoms with E-state index in [0.717, 1.165) is 86.1 Å². The summed E-state index contributed by atoms with van der Waals surface area (Å²) in [6, 6.07) is 22.8. The number of carbonyl (C=O) groups is 1. The van der Waals surface area contributed by atoms with E-state index in [-0.39, 0.29) is 11.4 Å². The minimum absolute atomic E-state index is 0.0288. The highest BCUT2D eigenvalue weighted by molar-refractivity contribution is 5.91. The summed E-state index contributed by atoms with van der Waals surface area (Å²) in [6.45, 7) is 13.8. The molecule has 2 aliphatic rings. The van der Waals surface area contributed by atoms with E-state index in [9.17, 15) is 4.79 Å². The number of urea groups is 1. The highest BCUT2D eigenvalue weighted by Crippen LogP contribution is 2.30. The molecule has 3 aromatic carbocycles. The SMILES string of the molecule is CC(C)(C)c1ccc(-c2nc3c(N4CCN(CCOc5ccc(NC(=O)N6CCC6)cc5)CC4)cccc3[nH]2)cc1. The Kier molecular flexibility index (Phi) is 7.58. The van der Waals surface area contributed by atoms with Crippen molar-refractivity contribution in [2.45, 2.75) is 32.6 Å². The Bertz CT molecular complexity index is 1480. The Hall–Kier alpha value is -4.04. The topological polar surface area (TPSA) is 76.7 Å². The van der Waals surface area contributed by atoms with Crippen molar-refractivity contribution in [3.63, 3.8) is 0 Å². The van der Waals surface area contributed by atoms with Crippen molar-refractivity contribution in [3.8, 4) is 17.1 Å². The van der Waals surface area contributed by atoms with Crippen molar-refractivity contribution in [1.29, 1.82) is 0 Å². The maximum Gasteiger partial charge on any atom is 0.321 e. The summed E-state index contributed by atoms with van der Waals surface area (Å²) in [6.07, 6.45) is 1.09. The van der Waals surface area contributed by atoms with Crippen LogP contribution in [0.2, 0.25) is 0 Å². The van der Waals surface area contributed by atoms with Crippen LogP contribution in [0.1, 0.15) is 32.8 Å². The molecule has 0 saturated carbocycles. The van der Waals surface area contributed by atoms with Gasteiger partial charge in [-0.1, -0.05) is 51.1 Å². The zero-order chi connectivity index (χ0) is 28.4. The van der Waals surface area contributed by atoms with Crippen LogP contribution in [0.25, 0.3) is 22.4 Å². The molecular formula is C33H40N6O2. The first-order valence-electron chi connectivity index (χ1n) is 14.7. The highest BCUT2D eigenvalue weighted by Gasteiger charge is 2.21. The minimum atomic E-state index is -0.0288. The van der Waals surface area contributed by atoms with Crippen LogP contribution >= 0.6 is 0 Å². The number of aromatic nitrogens is 2. The highest BCUT2D eigenvalue weighted by atomic mass is 16.5. The van der Waals surface area contributed by atoms with Gasteiger partial charge >= 0.3 is 6.03 Å². The van der Waals surface area contributed by atoms with Crippen LogP contribution in [0.4, 0.5) is 16.2 Å². The molecule has 0 bridgehead atoms. The van der Waals surface area contributed by atoms with Crippen LogP contribution in [0.15, 0.2) is 66.7 Å². The van der Waals surface area contributed by atoms with Crippen LogP contribution in [0.5, 0.6) is 5.75 Å². The van der Waals surface area contributed by atoms with E-state index >= 15 is 0 Å². The van der Waals surface area contributed by atoms with E-state index in [1.807, 2.05) is 29.2 Å². The first kappa shape index (κ1) is 27.1. The smallest absolute Gasteiger partial charge is 0.321 e. The monoisotopic (exact) mass is 552 g/mol. The van der Waals surface area contributed by atoms with E-state index in [1.54, 1.807) is 0 Å². The van der Waals surface area contributed by atoms with Gasteiger partial charge in [-0.25, -0.2) is 9.78 Å². The number of hydrogen-bond acceptors (Lipinski definition) is 5. The van der Waals surface area contributed by atoms with Gasteiger partial charge in [0.1, 0.15) is 23.7 Å². The Morgan fingerprint density at radius 1 is 0.927 bits per heavy atom. The molecule has 2 saturated heterocycles. The third-order valence-corrected chi connectivity index (χ3v) is 8.15. The molecule has 2 fully saturated rings. The number of imidazole rings is 1. The predicted molar refractivity (Wildman–Crippen MR) is 166 cm³/mol. The fourth-order valence-corrected chi connectivity index (χ4v) is 5.40. The minimum Gasteiger partial charge on any atom is -0.492 e. The Labute approximate surface area is 242 Å². The van der Waals surface area contributed by atoms with E-state index in [1.165, 1.54) is 11.3 Å². The van der Waals surface area contributed by atoms with Gasteiger partial charge in [0.2, 0.25) is 0 Å². The normalized spacial score (nSPS) is 16.1. The summed E-state index contributed by atoms with van der Waals surface area (Å²) < 4.78 is 6.00. The zero-order valence-electron chi connectivity index (χ0n) is 24.3. The van der Waals surface area contributed by atoms with E-state index in [2.05, 4.69) is 83.3 Å². The number of likely N-dealkylation sites (tertiary alicyclic amines) is 1. The summed E-state index contributed by atoms with van der Waals surface area (Å²) in [5, 5.41) is 2.94. The number of benzene rings is 3. The molecule has 2 N–H and O–H groups in total. The van der Waals surface area contributed by atoms with E-state index in [0.29, 0.717) is 6.61 Å². The van der Waals surface area contributed by atoms with Crippen molar-refractivity contribution >= 4 is 28.4 Å². The maximum absolute atomic E-state index is 12.1. The number of nitrogens with one attached hydrogen (secondary N) is 2. The molecule has 8 nitrogen and oxygen atoms in total. The number of para-hydroxylation sites is 1. The third-order valence-electron chi connectivity index (χ3n) is 8.15. The van der Waals surface area contributed by atoms with Crippen LogP contribution in [-0.2, 0) is 5.41 Å². The maximum atomic E-state index is 12.1. The number of hydrogen-bond donors (Lipinski definition) is 2. The van der Waals surface area contributed by atoms with Gasteiger partial charge in [-0.05, 0) is 53.8 Å². The summed E-state index contributed by atoms with van der Waals surface area (Å²) >= 11 is 0. The standard InChI is InChI=1S/C33H40N6O2/c1-33(2,3)25-10-8-24(9-11-25)31-35-28-6-4-7-29(30(28)36-31)38-20-18-37(19-21-38)22-23-41-27-14-12-26(13-15-27)34-32(40)39-16-5-17-39/h4,6-15H,5,16-23H2,1-3H3,(H,34,40)(H,35,36). The molecule has 0 radical (unpaired) electrons. The number of fused-ring (bicyclic) bond motifs is 1. The van der Waals surface area contributed by atoms with Gasteiger partial charge < -0.3 is 24.8 Å². The van der Waals surface area contributed by atoms with Crippen LogP contribution < -0.4 is 15.0 Å². The van der Waals surface area contributed by atoms with Crippen molar-refractivity contribution in [1.82, 2.24) is 19.8 Å². The molecule has 6 rings (SSSR count). The predicted octanol–water partition coefficient (Wildman–Crippen LogP) is 5.97. The molecule has 4 aromatic rings. The second-order valence-corrected chi connectivity index (χ2v) is 12.1. The largest absolute Gasteiger partial charge is 0.492 e. The Balaban J connectivity index is 1.01. The van der Waals surface area contributed by atoms with Gasteiger partial charge in [0.05, 0.1) is 11.2 Å². The number of amides is 2. The quantitative estimate of drug-likeness (QED) is 0.296. The van der Waals surface area contributed by atoms with Crippen LogP contribution in [0.3, 0.4) is 0 Å². The fraction of sp³-hybridized carbons (Fsp3) is 0.394. The molecule has 2 aliphatic heterocycles. The number of aromatic amines is 1. The average Bonchev–Trinajstić information content (AvgIpc) is 3.38. The van der Waals surface area contributed by atoms with Gasteiger partial charge in [-0.3, -0.25) is 4.90 Å². The molecule has 0 atom stereocenters.